The zero-order valence-corrected chi connectivity index (χ0v) is 22.0. The van der Waals surface area contributed by atoms with E-state index < -0.39 is 0 Å². The molecule has 1 aliphatic rings. The lowest BCUT2D eigenvalue weighted by atomic mass is 10.0. The lowest BCUT2D eigenvalue weighted by molar-refractivity contribution is 0.249. The second-order valence-corrected chi connectivity index (χ2v) is 10.9. The number of thioether (sulfide) groups is 1. The van der Waals surface area contributed by atoms with Gasteiger partial charge in [-0.2, -0.15) is 0 Å². The molecular weight excluding hydrogens is 474 g/mol. The van der Waals surface area contributed by atoms with Crippen LogP contribution in [0.15, 0.2) is 64.5 Å². The molecule has 5 nitrogen and oxygen atoms in total. The van der Waals surface area contributed by atoms with E-state index in [9.17, 15) is 4.79 Å². The Morgan fingerprint density at radius 2 is 1.89 bits per heavy atom. The molecule has 0 atom stereocenters. The summed E-state index contributed by atoms with van der Waals surface area (Å²) in [5, 5.41) is 1.58. The minimum absolute atomic E-state index is 0.0483. The van der Waals surface area contributed by atoms with Gasteiger partial charge in [0, 0.05) is 30.3 Å². The Labute approximate surface area is 214 Å². The van der Waals surface area contributed by atoms with E-state index in [1.165, 1.54) is 16.0 Å². The summed E-state index contributed by atoms with van der Waals surface area (Å²) in [5.41, 5.74) is 3.40. The molecule has 0 aliphatic carbocycles. The van der Waals surface area contributed by atoms with Gasteiger partial charge in [-0.05, 0) is 55.2 Å². The van der Waals surface area contributed by atoms with Gasteiger partial charge in [-0.3, -0.25) is 14.3 Å². The first kappa shape index (κ1) is 24.1. The van der Waals surface area contributed by atoms with Crippen molar-refractivity contribution in [2.75, 3.05) is 18.9 Å². The molecule has 182 valence electrons. The predicted molar refractivity (Wildman–Crippen MR) is 146 cm³/mol. The molecule has 5 rings (SSSR count). The van der Waals surface area contributed by atoms with Gasteiger partial charge < -0.3 is 4.74 Å². The number of rotatable bonds is 9. The van der Waals surface area contributed by atoms with Crippen molar-refractivity contribution in [1.82, 2.24) is 14.5 Å². The summed E-state index contributed by atoms with van der Waals surface area (Å²) in [6.07, 6.45) is 3.09. The van der Waals surface area contributed by atoms with Gasteiger partial charge in [-0.25, -0.2) is 4.98 Å². The highest BCUT2D eigenvalue weighted by molar-refractivity contribution is 7.99. The minimum atomic E-state index is 0.0483. The Kier molecular flexibility index (Phi) is 7.56. The monoisotopic (exact) mass is 505 g/mol. The Hall–Kier alpha value is -2.61. The maximum absolute atomic E-state index is 14.0. The second-order valence-electron chi connectivity index (χ2n) is 8.79. The van der Waals surface area contributed by atoms with Crippen LogP contribution in [0.2, 0.25) is 0 Å². The predicted octanol–water partition coefficient (Wildman–Crippen LogP) is 6.30. The number of aromatic nitrogens is 2. The quantitative estimate of drug-likeness (QED) is 0.152. The average Bonchev–Trinajstić information content (AvgIpc) is 3.24. The maximum Gasteiger partial charge on any atom is 0.267 e. The number of benzene rings is 2. The van der Waals surface area contributed by atoms with Gasteiger partial charge in [0.25, 0.3) is 5.56 Å². The van der Waals surface area contributed by atoms with Crippen molar-refractivity contribution in [2.45, 2.75) is 51.4 Å². The summed E-state index contributed by atoms with van der Waals surface area (Å²) in [6.45, 7) is 7.52. The molecule has 0 fully saturated rings. The fraction of sp³-hybridized carbons (Fsp3) is 0.357. The third-order valence-corrected chi connectivity index (χ3v) is 8.44. The molecule has 2 aromatic heterocycles. The molecule has 2 aromatic carbocycles. The molecule has 0 spiro atoms. The molecule has 0 saturated heterocycles. The van der Waals surface area contributed by atoms with E-state index >= 15 is 0 Å². The molecule has 0 unspecified atom stereocenters. The standard InChI is InChI=1S/C28H31N3O2S2/c1-3-5-17-34-28-29-26-25(27(32)31(28)21-11-13-22(14-12-21)33-4-2)23-15-16-30(19-24(23)35-26)18-20-9-7-6-8-10-20/h6-14H,3-5,15-19H2,1-2H3. The highest BCUT2D eigenvalue weighted by atomic mass is 32.2. The lowest BCUT2D eigenvalue weighted by Gasteiger charge is -2.26. The zero-order chi connectivity index (χ0) is 24.2. The Balaban J connectivity index is 1.53. The minimum Gasteiger partial charge on any atom is -0.494 e. The van der Waals surface area contributed by atoms with Crippen LogP contribution in [0.1, 0.15) is 42.7 Å². The second kappa shape index (κ2) is 11.0. The van der Waals surface area contributed by atoms with Crippen LogP contribution < -0.4 is 10.3 Å². The van der Waals surface area contributed by atoms with E-state index in [0.717, 1.165) is 71.5 Å². The summed E-state index contributed by atoms with van der Waals surface area (Å²) < 4.78 is 7.42. The van der Waals surface area contributed by atoms with Crippen molar-refractivity contribution >= 4 is 33.3 Å². The summed E-state index contributed by atoms with van der Waals surface area (Å²) >= 11 is 3.37. The smallest absolute Gasteiger partial charge is 0.267 e. The Morgan fingerprint density at radius 3 is 2.63 bits per heavy atom. The molecule has 0 bridgehead atoms. The van der Waals surface area contributed by atoms with Gasteiger partial charge in [-0.15, -0.1) is 11.3 Å². The highest BCUT2D eigenvalue weighted by Gasteiger charge is 2.25. The average molecular weight is 506 g/mol. The first-order valence-corrected chi connectivity index (χ1v) is 14.2. The fourth-order valence-corrected chi connectivity index (χ4v) is 6.94. The van der Waals surface area contributed by atoms with E-state index in [-0.39, 0.29) is 5.56 Å². The SMILES string of the molecule is CCCCSc1nc2sc3c(c2c(=O)n1-c1ccc(OCC)cc1)CCN(Cc1ccccc1)C3. The van der Waals surface area contributed by atoms with Crippen LogP contribution in [0.4, 0.5) is 0 Å². The normalized spacial score (nSPS) is 13.8. The van der Waals surface area contributed by atoms with Crippen molar-refractivity contribution in [3.05, 3.63) is 81.0 Å². The molecule has 3 heterocycles. The first-order chi connectivity index (χ1) is 17.2. The van der Waals surface area contributed by atoms with Crippen LogP contribution in [-0.4, -0.2) is 33.4 Å². The Bertz CT molecular complexity index is 1350. The van der Waals surface area contributed by atoms with Crippen molar-refractivity contribution in [1.29, 1.82) is 0 Å². The summed E-state index contributed by atoms with van der Waals surface area (Å²) in [7, 11) is 0. The molecule has 0 radical (unpaired) electrons. The van der Waals surface area contributed by atoms with Gasteiger partial charge in [0.05, 0.1) is 17.7 Å². The zero-order valence-electron chi connectivity index (χ0n) is 20.3. The van der Waals surface area contributed by atoms with Crippen LogP contribution in [-0.2, 0) is 19.5 Å². The van der Waals surface area contributed by atoms with Gasteiger partial charge in [0.2, 0.25) is 0 Å². The Morgan fingerprint density at radius 1 is 1.09 bits per heavy atom. The molecule has 0 amide bonds. The van der Waals surface area contributed by atoms with Crippen LogP contribution in [0.5, 0.6) is 5.75 Å². The molecular formula is C28H31N3O2S2. The number of fused-ring (bicyclic) bond motifs is 3. The maximum atomic E-state index is 14.0. The van der Waals surface area contributed by atoms with Gasteiger partial charge in [-0.1, -0.05) is 55.4 Å². The molecule has 35 heavy (non-hydrogen) atoms. The van der Waals surface area contributed by atoms with E-state index in [4.69, 9.17) is 9.72 Å². The lowest BCUT2D eigenvalue weighted by Crippen LogP contribution is -2.30. The molecule has 1 aliphatic heterocycles. The van der Waals surface area contributed by atoms with Crippen molar-refractivity contribution < 1.29 is 4.74 Å². The number of hydrogen-bond acceptors (Lipinski definition) is 6. The van der Waals surface area contributed by atoms with E-state index in [1.54, 1.807) is 23.1 Å². The molecule has 4 aromatic rings. The van der Waals surface area contributed by atoms with Gasteiger partial charge in [0.1, 0.15) is 10.6 Å². The first-order valence-electron chi connectivity index (χ1n) is 12.4. The molecule has 0 N–H and O–H groups in total. The van der Waals surface area contributed by atoms with Crippen LogP contribution in [0, 0.1) is 0 Å². The number of ether oxygens (including phenoxy) is 1. The van der Waals surface area contributed by atoms with Gasteiger partial charge in [0.15, 0.2) is 5.16 Å². The number of nitrogens with zero attached hydrogens (tertiary/aromatic N) is 3. The van der Waals surface area contributed by atoms with Crippen molar-refractivity contribution in [3.8, 4) is 11.4 Å². The molecule has 7 heteroatoms. The van der Waals surface area contributed by atoms with Crippen LogP contribution in [0.25, 0.3) is 15.9 Å². The number of hydrogen-bond donors (Lipinski definition) is 0. The van der Waals surface area contributed by atoms with E-state index in [1.807, 2.05) is 35.8 Å². The number of unbranched alkanes of at least 4 members (excludes halogenated alkanes) is 1. The highest BCUT2D eigenvalue weighted by Crippen LogP contribution is 2.35. The third kappa shape index (κ3) is 5.17. The van der Waals surface area contributed by atoms with Crippen LogP contribution in [0.3, 0.4) is 0 Å². The summed E-state index contributed by atoms with van der Waals surface area (Å²) in [4.78, 5) is 23.6. The van der Waals surface area contributed by atoms with Crippen molar-refractivity contribution in [3.63, 3.8) is 0 Å². The largest absolute Gasteiger partial charge is 0.494 e. The van der Waals surface area contributed by atoms with Crippen molar-refractivity contribution in [2.24, 2.45) is 0 Å². The van der Waals surface area contributed by atoms with E-state index in [0.29, 0.717) is 6.61 Å². The molecule has 0 saturated carbocycles. The van der Waals surface area contributed by atoms with Crippen LogP contribution >= 0.6 is 23.1 Å². The van der Waals surface area contributed by atoms with E-state index in [2.05, 4.69) is 42.2 Å². The fourth-order valence-electron chi connectivity index (χ4n) is 4.54. The summed E-state index contributed by atoms with van der Waals surface area (Å²) in [5.74, 6) is 1.76. The third-order valence-electron chi connectivity index (χ3n) is 6.31. The summed E-state index contributed by atoms with van der Waals surface area (Å²) in [6, 6.07) is 18.4. The topological polar surface area (TPSA) is 47.4 Å². The number of thiophene rings is 1. The van der Waals surface area contributed by atoms with Gasteiger partial charge >= 0.3 is 0 Å².